The van der Waals surface area contributed by atoms with E-state index in [-0.39, 0.29) is 11.2 Å². The number of fused-ring (bicyclic) bond motifs is 1. The van der Waals surface area contributed by atoms with Crippen molar-refractivity contribution >= 4 is 34.7 Å². The Morgan fingerprint density at radius 1 is 1.16 bits per heavy atom. The summed E-state index contributed by atoms with van der Waals surface area (Å²) >= 11 is 3.33. The van der Waals surface area contributed by atoms with Crippen molar-refractivity contribution in [2.75, 3.05) is 11.4 Å². The summed E-state index contributed by atoms with van der Waals surface area (Å²) in [5.41, 5.74) is 2.32. The molecule has 1 saturated carbocycles. The Labute approximate surface area is 191 Å². The van der Waals surface area contributed by atoms with Crippen molar-refractivity contribution in [3.8, 4) is 0 Å². The topological polar surface area (TPSA) is 51.0 Å². The van der Waals surface area contributed by atoms with Crippen molar-refractivity contribution in [3.05, 3.63) is 58.0 Å². The molecule has 1 aromatic carbocycles. The highest BCUT2D eigenvalue weighted by Crippen LogP contribution is 2.36. The summed E-state index contributed by atoms with van der Waals surface area (Å²) in [6, 6.07) is 12.9. The number of carbonyl (C=O) groups excluding carboxylic acids is 1. The zero-order valence-corrected chi connectivity index (χ0v) is 19.5. The average molecular weight is 453 g/mol. The Morgan fingerprint density at radius 2 is 2.00 bits per heavy atom. The van der Waals surface area contributed by atoms with Crippen LogP contribution in [0.1, 0.15) is 61.3 Å². The molecule has 5 nitrogen and oxygen atoms in total. The van der Waals surface area contributed by atoms with Crippen LogP contribution in [0, 0.1) is 0 Å². The second kappa shape index (κ2) is 9.17. The van der Waals surface area contributed by atoms with E-state index in [1.54, 1.807) is 23.1 Å². The molecule has 2 aromatic heterocycles. The summed E-state index contributed by atoms with van der Waals surface area (Å²) in [5, 5.41) is 12.0. The molecule has 31 heavy (non-hydrogen) atoms. The lowest BCUT2D eigenvalue weighted by Crippen LogP contribution is -2.35. The molecule has 0 radical (unpaired) electrons. The van der Waals surface area contributed by atoms with E-state index >= 15 is 0 Å². The van der Waals surface area contributed by atoms with Crippen LogP contribution in [0.25, 0.3) is 0 Å². The molecule has 1 atom stereocenters. The van der Waals surface area contributed by atoms with Crippen LogP contribution in [0.5, 0.6) is 0 Å². The molecule has 0 N–H and O–H groups in total. The number of hydrogen-bond acceptors (Lipinski definition) is 5. The third kappa shape index (κ3) is 4.30. The van der Waals surface area contributed by atoms with E-state index in [9.17, 15) is 4.79 Å². The van der Waals surface area contributed by atoms with Gasteiger partial charge in [0.15, 0.2) is 5.16 Å². The van der Waals surface area contributed by atoms with Gasteiger partial charge in [-0.25, -0.2) is 0 Å². The van der Waals surface area contributed by atoms with Crippen molar-refractivity contribution in [1.82, 2.24) is 14.8 Å². The second-order valence-corrected chi connectivity index (χ2v) is 10.8. The van der Waals surface area contributed by atoms with E-state index in [0.29, 0.717) is 6.04 Å². The highest BCUT2D eigenvalue weighted by atomic mass is 32.2. The van der Waals surface area contributed by atoms with Crippen molar-refractivity contribution < 1.29 is 4.79 Å². The molecule has 1 aliphatic heterocycles. The lowest BCUT2D eigenvalue weighted by molar-refractivity contribution is -0.117. The Hall–Kier alpha value is -2.12. The molecule has 1 amide bonds. The van der Waals surface area contributed by atoms with E-state index in [4.69, 9.17) is 0 Å². The van der Waals surface area contributed by atoms with Crippen LogP contribution in [-0.4, -0.2) is 32.5 Å². The first-order chi connectivity index (χ1) is 15.2. The summed E-state index contributed by atoms with van der Waals surface area (Å²) < 4.78 is 2.35. The van der Waals surface area contributed by atoms with Crippen LogP contribution in [0.15, 0.2) is 46.9 Å². The number of carbonyl (C=O) groups is 1. The van der Waals surface area contributed by atoms with Crippen LogP contribution in [0.3, 0.4) is 0 Å². The number of rotatable bonds is 6. The molecule has 5 rings (SSSR count). The molecule has 3 heterocycles. The number of benzene rings is 1. The van der Waals surface area contributed by atoms with Gasteiger partial charge >= 0.3 is 0 Å². The fourth-order valence-electron chi connectivity index (χ4n) is 4.78. The predicted octanol–water partition coefficient (Wildman–Crippen LogP) is 5.51. The predicted molar refractivity (Wildman–Crippen MR) is 127 cm³/mol. The maximum Gasteiger partial charge on any atom is 0.240 e. The van der Waals surface area contributed by atoms with Crippen LogP contribution < -0.4 is 4.90 Å². The molecule has 162 valence electrons. The van der Waals surface area contributed by atoms with Gasteiger partial charge in [-0.1, -0.05) is 55.3 Å². The van der Waals surface area contributed by atoms with E-state index in [1.165, 1.54) is 42.5 Å². The zero-order valence-electron chi connectivity index (χ0n) is 17.9. The number of anilines is 1. The van der Waals surface area contributed by atoms with E-state index in [1.807, 2.05) is 24.0 Å². The summed E-state index contributed by atoms with van der Waals surface area (Å²) in [7, 11) is 0. The lowest BCUT2D eigenvalue weighted by atomic mass is 9.95. The number of aromatic nitrogens is 3. The van der Waals surface area contributed by atoms with Crippen LogP contribution in [0.4, 0.5) is 5.69 Å². The Bertz CT molecular complexity index is 1040. The van der Waals surface area contributed by atoms with Gasteiger partial charge in [0, 0.05) is 29.6 Å². The third-order valence-corrected chi connectivity index (χ3v) is 8.29. The zero-order chi connectivity index (χ0) is 21.2. The minimum absolute atomic E-state index is 0.160. The maximum absolute atomic E-state index is 13.3. The Balaban J connectivity index is 1.38. The fraction of sp³-hybridized carbons (Fsp3) is 0.458. The highest BCUT2D eigenvalue weighted by Gasteiger charge is 2.31. The molecule has 0 unspecified atom stereocenters. The van der Waals surface area contributed by atoms with Gasteiger partial charge in [-0.15, -0.1) is 21.5 Å². The van der Waals surface area contributed by atoms with Crippen LogP contribution >= 0.6 is 23.1 Å². The first kappa shape index (κ1) is 20.8. The van der Waals surface area contributed by atoms with Crippen molar-refractivity contribution in [3.63, 3.8) is 0 Å². The Kier molecular flexibility index (Phi) is 6.14. The quantitative estimate of drug-likeness (QED) is 0.463. The van der Waals surface area contributed by atoms with Crippen molar-refractivity contribution in [1.29, 1.82) is 0 Å². The molecule has 7 heteroatoms. The highest BCUT2D eigenvalue weighted by molar-refractivity contribution is 8.00. The summed E-state index contributed by atoms with van der Waals surface area (Å²) in [6.07, 6.45) is 7.90. The number of hydrogen-bond donors (Lipinski definition) is 0. The molecule has 1 aliphatic carbocycles. The molecule has 2 aliphatic rings. The normalized spacial score (nSPS) is 17.6. The minimum Gasteiger partial charge on any atom is -0.311 e. The van der Waals surface area contributed by atoms with Gasteiger partial charge in [0.25, 0.3) is 0 Å². The molecule has 0 spiro atoms. The molecule has 0 saturated heterocycles. The van der Waals surface area contributed by atoms with Gasteiger partial charge in [0.2, 0.25) is 5.91 Å². The average Bonchev–Trinajstić information content (AvgIpc) is 3.54. The van der Waals surface area contributed by atoms with Crippen LogP contribution in [-0.2, 0) is 17.6 Å². The van der Waals surface area contributed by atoms with Gasteiger partial charge in [-0.2, -0.15) is 0 Å². The Morgan fingerprint density at radius 3 is 2.81 bits per heavy atom. The third-order valence-electron chi connectivity index (χ3n) is 6.37. The minimum atomic E-state index is -0.202. The van der Waals surface area contributed by atoms with Gasteiger partial charge in [-0.3, -0.25) is 4.79 Å². The molecular formula is C24H28N4OS2. The number of nitrogens with zero attached hydrogens (tertiary/aromatic N) is 4. The van der Waals surface area contributed by atoms with E-state index in [0.717, 1.165) is 36.1 Å². The van der Waals surface area contributed by atoms with E-state index in [2.05, 4.69) is 44.4 Å². The van der Waals surface area contributed by atoms with Gasteiger partial charge < -0.3 is 9.47 Å². The smallest absolute Gasteiger partial charge is 0.240 e. The standard InChI is InChI=1S/C24H28N4OS2/c1-17(23(29)27-14-13-18-8-5-6-12-21(18)27)31-24-26-25-22(16-20-11-7-15-30-20)28(24)19-9-3-2-4-10-19/h5-8,11-12,15,17,19H,2-4,9-10,13-14,16H2,1H3/t17-/m0/s1. The number of thioether (sulfide) groups is 1. The molecule has 0 bridgehead atoms. The number of amides is 1. The second-order valence-electron chi connectivity index (χ2n) is 8.45. The van der Waals surface area contributed by atoms with Gasteiger partial charge in [0.05, 0.1) is 5.25 Å². The summed E-state index contributed by atoms with van der Waals surface area (Å²) in [6.45, 7) is 2.77. The summed E-state index contributed by atoms with van der Waals surface area (Å²) in [4.78, 5) is 16.6. The number of thiophene rings is 1. The van der Waals surface area contributed by atoms with Gasteiger partial charge in [0.1, 0.15) is 5.82 Å². The lowest BCUT2D eigenvalue weighted by Gasteiger charge is -2.26. The van der Waals surface area contributed by atoms with E-state index < -0.39 is 0 Å². The molecular weight excluding hydrogens is 424 g/mol. The first-order valence-corrected chi connectivity index (χ1v) is 13.0. The maximum atomic E-state index is 13.3. The fourth-order valence-corrected chi connectivity index (χ4v) is 6.48. The SMILES string of the molecule is C[C@H](Sc1nnc(Cc2cccs2)n1C1CCCCC1)C(=O)N1CCc2ccccc21. The monoisotopic (exact) mass is 452 g/mol. The van der Waals surface area contributed by atoms with Crippen LogP contribution in [0.2, 0.25) is 0 Å². The molecule has 1 fully saturated rings. The number of para-hydroxylation sites is 1. The van der Waals surface area contributed by atoms with Gasteiger partial charge in [-0.05, 0) is 49.3 Å². The molecule has 3 aromatic rings. The summed E-state index contributed by atoms with van der Waals surface area (Å²) in [5.74, 6) is 1.19. The first-order valence-electron chi connectivity index (χ1n) is 11.2. The van der Waals surface area contributed by atoms with Crippen molar-refractivity contribution in [2.45, 2.75) is 68.3 Å². The van der Waals surface area contributed by atoms with Crippen molar-refractivity contribution in [2.24, 2.45) is 0 Å². The largest absolute Gasteiger partial charge is 0.311 e.